The highest BCUT2D eigenvalue weighted by molar-refractivity contribution is 8.00. The number of ether oxygens (including phenoxy) is 1. The second-order valence-electron chi connectivity index (χ2n) is 6.06. The average Bonchev–Trinajstić information content (AvgIpc) is 2.68. The van der Waals surface area contributed by atoms with E-state index in [9.17, 15) is 9.59 Å². The van der Waals surface area contributed by atoms with Crippen LogP contribution in [0.5, 0.6) is 0 Å². The number of carbonyl (C=O) groups is 2. The molecule has 0 heterocycles. The minimum atomic E-state index is -0.331. The second-order valence-corrected chi connectivity index (χ2v) is 7.55. The number of halogens is 1. The van der Waals surface area contributed by atoms with Gasteiger partial charge < -0.3 is 10.1 Å². The number of anilines is 1. The topological polar surface area (TPSA) is 55.4 Å². The molecule has 4 nitrogen and oxygen atoms in total. The van der Waals surface area contributed by atoms with Crippen LogP contribution in [0.3, 0.4) is 0 Å². The average molecular weight is 406 g/mol. The van der Waals surface area contributed by atoms with Gasteiger partial charge in [-0.05, 0) is 55.0 Å². The number of benzene rings is 2. The van der Waals surface area contributed by atoms with Crippen molar-refractivity contribution in [2.75, 3.05) is 17.7 Å². The van der Waals surface area contributed by atoms with E-state index >= 15 is 0 Å². The van der Waals surface area contributed by atoms with E-state index in [4.69, 9.17) is 16.3 Å². The van der Waals surface area contributed by atoms with Crippen LogP contribution in [0.1, 0.15) is 43.0 Å². The Balaban J connectivity index is 1.74. The molecule has 144 valence electrons. The number of hydrogen-bond donors (Lipinski definition) is 1. The van der Waals surface area contributed by atoms with Crippen LogP contribution in [-0.4, -0.2) is 24.2 Å². The van der Waals surface area contributed by atoms with Gasteiger partial charge in [-0.2, -0.15) is 0 Å². The van der Waals surface area contributed by atoms with Gasteiger partial charge in [-0.1, -0.05) is 37.8 Å². The van der Waals surface area contributed by atoms with Crippen LogP contribution in [0.4, 0.5) is 5.69 Å². The molecule has 0 radical (unpaired) electrons. The summed E-state index contributed by atoms with van der Waals surface area (Å²) in [7, 11) is 0. The molecule has 0 aliphatic carbocycles. The van der Waals surface area contributed by atoms with E-state index in [1.54, 1.807) is 36.4 Å². The summed E-state index contributed by atoms with van der Waals surface area (Å²) >= 11 is 7.28. The number of hydrogen-bond acceptors (Lipinski definition) is 4. The van der Waals surface area contributed by atoms with Crippen LogP contribution < -0.4 is 5.32 Å². The Morgan fingerprint density at radius 3 is 2.37 bits per heavy atom. The smallest absolute Gasteiger partial charge is 0.338 e. The number of carbonyl (C=O) groups excluding carboxylic acids is 2. The number of thioether (sulfide) groups is 1. The monoisotopic (exact) mass is 405 g/mol. The molecule has 0 unspecified atom stereocenters. The van der Waals surface area contributed by atoms with Gasteiger partial charge in [-0.3, -0.25) is 4.79 Å². The standard InChI is InChI=1S/C21H24ClNO3S/c1-2-3-4-5-14-26-21(25)16-6-10-18(11-7-16)23-20(24)15-27-19-12-8-17(22)9-13-19/h6-13H,2-5,14-15H2,1H3,(H,23,24). The first-order valence-corrected chi connectivity index (χ1v) is 10.4. The van der Waals surface area contributed by atoms with E-state index in [1.165, 1.54) is 11.8 Å². The molecule has 2 rings (SSSR count). The van der Waals surface area contributed by atoms with Crippen molar-refractivity contribution in [1.29, 1.82) is 0 Å². The van der Waals surface area contributed by atoms with Gasteiger partial charge in [0, 0.05) is 15.6 Å². The Morgan fingerprint density at radius 1 is 1.00 bits per heavy atom. The lowest BCUT2D eigenvalue weighted by molar-refractivity contribution is -0.113. The highest BCUT2D eigenvalue weighted by Crippen LogP contribution is 2.20. The summed E-state index contributed by atoms with van der Waals surface area (Å²) in [6, 6.07) is 14.1. The first kappa shape index (κ1) is 21.3. The fraction of sp³-hybridized carbons (Fsp3) is 0.333. The van der Waals surface area contributed by atoms with Crippen LogP contribution in [0.2, 0.25) is 5.02 Å². The number of esters is 1. The summed E-state index contributed by atoms with van der Waals surface area (Å²) < 4.78 is 5.25. The minimum Gasteiger partial charge on any atom is -0.462 e. The molecule has 2 aromatic carbocycles. The summed E-state index contributed by atoms with van der Waals surface area (Å²) in [6.45, 7) is 2.59. The van der Waals surface area contributed by atoms with Crippen LogP contribution in [0.15, 0.2) is 53.4 Å². The lowest BCUT2D eigenvalue weighted by atomic mass is 10.2. The third kappa shape index (κ3) is 8.06. The Labute approximate surface area is 169 Å². The van der Waals surface area contributed by atoms with Crippen molar-refractivity contribution in [3.05, 3.63) is 59.1 Å². The molecule has 27 heavy (non-hydrogen) atoms. The van der Waals surface area contributed by atoms with E-state index in [-0.39, 0.29) is 11.9 Å². The van der Waals surface area contributed by atoms with Crippen molar-refractivity contribution in [2.45, 2.75) is 37.5 Å². The summed E-state index contributed by atoms with van der Waals surface area (Å²) in [5.41, 5.74) is 1.13. The second kappa shape index (κ2) is 11.7. The van der Waals surface area contributed by atoms with Gasteiger partial charge in [0.05, 0.1) is 17.9 Å². The Hall–Kier alpha value is -1.98. The number of unbranched alkanes of at least 4 members (excludes halogenated alkanes) is 3. The fourth-order valence-electron chi connectivity index (χ4n) is 2.34. The molecule has 6 heteroatoms. The summed E-state index contributed by atoms with van der Waals surface area (Å²) in [5.74, 6) is -0.146. The van der Waals surface area contributed by atoms with Gasteiger partial charge in [0.2, 0.25) is 5.91 Å². The van der Waals surface area contributed by atoms with Crippen molar-refractivity contribution in [2.24, 2.45) is 0 Å². The Morgan fingerprint density at radius 2 is 1.70 bits per heavy atom. The number of rotatable bonds is 10. The maximum absolute atomic E-state index is 12.0. The molecule has 0 saturated heterocycles. The van der Waals surface area contributed by atoms with Crippen LogP contribution in [-0.2, 0) is 9.53 Å². The van der Waals surface area contributed by atoms with Gasteiger partial charge in [0.15, 0.2) is 0 Å². The molecular weight excluding hydrogens is 382 g/mol. The van der Waals surface area contributed by atoms with Gasteiger partial charge >= 0.3 is 5.97 Å². The molecule has 1 N–H and O–H groups in total. The number of amides is 1. The molecule has 0 aliphatic heterocycles. The van der Waals surface area contributed by atoms with Crippen molar-refractivity contribution in [3.63, 3.8) is 0 Å². The first-order valence-electron chi connectivity index (χ1n) is 9.04. The molecule has 0 fully saturated rings. The molecule has 0 bridgehead atoms. The lowest BCUT2D eigenvalue weighted by Crippen LogP contribution is -2.14. The highest BCUT2D eigenvalue weighted by Gasteiger charge is 2.08. The predicted molar refractivity (Wildman–Crippen MR) is 112 cm³/mol. The zero-order valence-corrected chi connectivity index (χ0v) is 16.9. The number of nitrogens with one attached hydrogen (secondary N) is 1. The molecule has 0 aromatic heterocycles. The van der Waals surface area contributed by atoms with Crippen LogP contribution in [0, 0.1) is 0 Å². The van der Waals surface area contributed by atoms with Gasteiger partial charge in [-0.25, -0.2) is 4.79 Å². The van der Waals surface area contributed by atoms with E-state index in [1.807, 2.05) is 12.1 Å². The van der Waals surface area contributed by atoms with Crippen molar-refractivity contribution < 1.29 is 14.3 Å². The van der Waals surface area contributed by atoms with Crippen LogP contribution >= 0.6 is 23.4 Å². The molecule has 0 aliphatic rings. The third-order valence-electron chi connectivity index (χ3n) is 3.82. The van der Waals surface area contributed by atoms with E-state index < -0.39 is 0 Å². The molecule has 1 amide bonds. The van der Waals surface area contributed by atoms with Crippen molar-refractivity contribution in [1.82, 2.24) is 0 Å². The predicted octanol–water partition coefficient (Wildman–Crippen LogP) is 5.81. The molecule has 0 spiro atoms. The summed E-state index contributed by atoms with van der Waals surface area (Å²) in [5, 5.41) is 3.49. The quantitative estimate of drug-likeness (QED) is 0.308. The molecule has 2 aromatic rings. The highest BCUT2D eigenvalue weighted by atomic mass is 35.5. The maximum Gasteiger partial charge on any atom is 0.338 e. The first-order chi connectivity index (χ1) is 13.1. The van der Waals surface area contributed by atoms with Crippen molar-refractivity contribution in [3.8, 4) is 0 Å². The molecule has 0 atom stereocenters. The third-order valence-corrected chi connectivity index (χ3v) is 5.08. The van der Waals surface area contributed by atoms with E-state index in [0.29, 0.717) is 28.6 Å². The normalized spacial score (nSPS) is 10.4. The van der Waals surface area contributed by atoms with Gasteiger partial charge in [-0.15, -0.1) is 11.8 Å². The summed E-state index contributed by atoms with van der Waals surface area (Å²) in [4.78, 5) is 25.0. The largest absolute Gasteiger partial charge is 0.462 e. The van der Waals surface area contributed by atoms with Gasteiger partial charge in [0.25, 0.3) is 0 Å². The molecule has 0 saturated carbocycles. The van der Waals surface area contributed by atoms with E-state index in [2.05, 4.69) is 12.2 Å². The fourth-order valence-corrected chi connectivity index (χ4v) is 3.17. The summed E-state index contributed by atoms with van der Waals surface area (Å²) in [6.07, 6.45) is 4.27. The van der Waals surface area contributed by atoms with Crippen LogP contribution in [0.25, 0.3) is 0 Å². The Bertz CT molecular complexity index is 732. The zero-order chi connectivity index (χ0) is 19.5. The Kier molecular flexibility index (Phi) is 9.22. The minimum absolute atomic E-state index is 0.110. The van der Waals surface area contributed by atoms with E-state index in [0.717, 1.165) is 30.6 Å². The SMILES string of the molecule is CCCCCCOC(=O)c1ccc(NC(=O)CSc2ccc(Cl)cc2)cc1. The zero-order valence-electron chi connectivity index (χ0n) is 15.4. The lowest BCUT2D eigenvalue weighted by Gasteiger charge is -2.07. The van der Waals surface area contributed by atoms with Gasteiger partial charge in [0.1, 0.15) is 0 Å². The maximum atomic E-state index is 12.0. The molecular formula is C21H24ClNO3S. The van der Waals surface area contributed by atoms with Crippen molar-refractivity contribution >= 4 is 40.9 Å².